The summed E-state index contributed by atoms with van der Waals surface area (Å²) in [5.74, 6) is -0.611. The van der Waals surface area contributed by atoms with Crippen LogP contribution in [0.5, 0.6) is 0 Å². The van der Waals surface area contributed by atoms with Gasteiger partial charge in [0.25, 0.3) is 5.91 Å². The number of nitrogens with zero attached hydrogens (tertiary/aromatic N) is 1. The van der Waals surface area contributed by atoms with Crippen molar-refractivity contribution in [3.63, 3.8) is 0 Å². The van der Waals surface area contributed by atoms with E-state index in [4.69, 9.17) is 0 Å². The first-order valence-corrected chi connectivity index (χ1v) is 4.08. The zero-order valence-electron chi connectivity index (χ0n) is 7.74. The van der Waals surface area contributed by atoms with Gasteiger partial charge in [0.15, 0.2) is 0 Å². The molecule has 1 heterocycles. The minimum absolute atomic E-state index is 0.167. The maximum absolute atomic E-state index is 11.3. The number of carbonyl (C=O) groups is 2. The van der Waals surface area contributed by atoms with E-state index in [2.05, 4.69) is 20.3 Å². The SMILES string of the molecule is COC(=O)CCNC(=O)c1cn[nH]c1. The average molecular weight is 197 g/mol. The summed E-state index contributed by atoms with van der Waals surface area (Å²) in [5, 5.41) is 8.69. The molecule has 0 aliphatic rings. The summed E-state index contributed by atoms with van der Waals surface area (Å²) >= 11 is 0. The number of hydrogen-bond donors (Lipinski definition) is 2. The Kier molecular flexibility index (Phi) is 3.66. The molecule has 0 saturated heterocycles. The molecule has 0 aliphatic carbocycles. The molecule has 0 spiro atoms. The first-order valence-electron chi connectivity index (χ1n) is 4.08. The first kappa shape index (κ1) is 10.2. The quantitative estimate of drug-likeness (QED) is 0.649. The van der Waals surface area contributed by atoms with Gasteiger partial charge in [-0.05, 0) is 0 Å². The molecule has 2 N–H and O–H groups in total. The van der Waals surface area contributed by atoms with Crippen LogP contribution in [0.1, 0.15) is 16.8 Å². The Labute approximate surface area is 80.6 Å². The lowest BCUT2D eigenvalue weighted by Crippen LogP contribution is -2.25. The lowest BCUT2D eigenvalue weighted by Gasteiger charge is -2.01. The van der Waals surface area contributed by atoms with Crippen LogP contribution in [0.25, 0.3) is 0 Å². The summed E-state index contributed by atoms with van der Waals surface area (Å²) in [6, 6.07) is 0. The minimum atomic E-state index is -0.350. The van der Waals surface area contributed by atoms with Gasteiger partial charge in [-0.1, -0.05) is 0 Å². The zero-order valence-corrected chi connectivity index (χ0v) is 7.74. The maximum Gasteiger partial charge on any atom is 0.307 e. The van der Waals surface area contributed by atoms with Crippen LogP contribution >= 0.6 is 0 Å². The molecule has 14 heavy (non-hydrogen) atoms. The van der Waals surface area contributed by atoms with E-state index in [0.29, 0.717) is 5.56 Å². The number of esters is 1. The molecule has 6 heteroatoms. The Morgan fingerprint density at radius 3 is 3.00 bits per heavy atom. The topological polar surface area (TPSA) is 84.1 Å². The number of aromatic amines is 1. The van der Waals surface area contributed by atoms with Crippen molar-refractivity contribution in [2.75, 3.05) is 13.7 Å². The van der Waals surface area contributed by atoms with Gasteiger partial charge < -0.3 is 10.1 Å². The molecule has 0 radical (unpaired) electrons. The van der Waals surface area contributed by atoms with Crippen LogP contribution in [-0.4, -0.2) is 35.7 Å². The third kappa shape index (κ3) is 2.89. The van der Waals surface area contributed by atoms with E-state index >= 15 is 0 Å². The Hall–Kier alpha value is -1.85. The Balaban J connectivity index is 2.26. The summed E-state index contributed by atoms with van der Waals surface area (Å²) in [5.41, 5.74) is 0.440. The second kappa shape index (κ2) is 5.00. The molecule has 6 nitrogen and oxygen atoms in total. The lowest BCUT2D eigenvalue weighted by atomic mass is 10.3. The molecular weight excluding hydrogens is 186 g/mol. The largest absolute Gasteiger partial charge is 0.469 e. The van der Waals surface area contributed by atoms with Crippen LogP contribution in [0.3, 0.4) is 0 Å². The fourth-order valence-corrected chi connectivity index (χ4v) is 0.857. The van der Waals surface area contributed by atoms with Gasteiger partial charge in [0, 0.05) is 12.7 Å². The van der Waals surface area contributed by atoms with Gasteiger partial charge in [0.2, 0.25) is 0 Å². The van der Waals surface area contributed by atoms with E-state index in [1.807, 2.05) is 0 Å². The molecule has 0 aliphatic heterocycles. The summed E-state index contributed by atoms with van der Waals surface area (Å²) in [6.45, 7) is 0.261. The van der Waals surface area contributed by atoms with Crippen LogP contribution in [0.2, 0.25) is 0 Å². The molecule has 0 atom stereocenters. The fourth-order valence-electron chi connectivity index (χ4n) is 0.857. The standard InChI is InChI=1S/C8H11N3O3/c1-14-7(12)2-3-9-8(13)6-4-10-11-5-6/h4-5H,2-3H2,1H3,(H,9,13)(H,10,11). The van der Waals surface area contributed by atoms with Crippen molar-refractivity contribution in [1.29, 1.82) is 0 Å². The predicted octanol–water partition coefficient (Wildman–Crippen LogP) is -0.297. The number of amides is 1. The zero-order chi connectivity index (χ0) is 10.4. The number of rotatable bonds is 4. The van der Waals surface area contributed by atoms with Crippen LogP contribution in [0.4, 0.5) is 0 Å². The average Bonchev–Trinajstić information content (AvgIpc) is 2.70. The van der Waals surface area contributed by atoms with Crippen molar-refractivity contribution in [2.24, 2.45) is 0 Å². The second-order valence-corrected chi connectivity index (χ2v) is 2.57. The van der Waals surface area contributed by atoms with Crippen molar-refractivity contribution >= 4 is 11.9 Å². The van der Waals surface area contributed by atoms with Crippen LogP contribution in [0, 0.1) is 0 Å². The minimum Gasteiger partial charge on any atom is -0.469 e. The molecule has 76 valence electrons. The Bertz CT molecular complexity index is 308. The molecule has 0 aromatic carbocycles. The third-order valence-electron chi connectivity index (χ3n) is 1.60. The fraction of sp³-hybridized carbons (Fsp3) is 0.375. The third-order valence-corrected chi connectivity index (χ3v) is 1.60. The van der Waals surface area contributed by atoms with Crippen molar-refractivity contribution < 1.29 is 14.3 Å². The summed E-state index contributed by atoms with van der Waals surface area (Å²) in [6.07, 6.45) is 3.06. The highest BCUT2D eigenvalue weighted by Gasteiger charge is 2.06. The van der Waals surface area contributed by atoms with Crippen molar-refractivity contribution in [3.8, 4) is 0 Å². The first-order chi connectivity index (χ1) is 6.74. The molecular formula is C8H11N3O3. The predicted molar refractivity (Wildman–Crippen MR) is 47.6 cm³/mol. The number of aromatic nitrogens is 2. The molecule has 1 aromatic heterocycles. The number of H-pyrrole nitrogens is 1. The molecule has 0 saturated carbocycles. The monoisotopic (exact) mass is 197 g/mol. The van der Waals surface area contributed by atoms with E-state index < -0.39 is 0 Å². The van der Waals surface area contributed by atoms with E-state index in [-0.39, 0.29) is 24.8 Å². The van der Waals surface area contributed by atoms with Gasteiger partial charge in [-0.2, -0.15) is 5.10 Å². The summed E-state index contributed by atoms with van der Waals surface area (Å²) in [4.78, 5) is 21.9. The van der Waals surface area contributed by atoms with Crippen LogP contribution in [0.15, 0.2) is 12.4 Å². The molecule has 1 rings (SSSR count). The Morgan fingerprint density at radius 2 is 2.43 bits per heavy atom. The van der Waals surface area contributed by atoms with Crippen LogP contribution in [-0.2, 0) is 9.53 Å². The normalized spacial score (nSPS) is 9.50. The molecule has 0 fully saturated rings. The van der Waals surface area contributed by atoms with E-state index in [1.54, 1.807) is 0 Å². The van der Waals surface area contributed by atoms with Gasteiger partial charge in [-0.15, -0.1) is 0 Å². The molecule has 1 aromatic rings. The van der Waals surface area contributed by atoms with Gasteiger partial charge >= 0.3 is 5.97 Å². The van der Waals surface area contributed by atoms with E-state index in [1.165, 1.54) is 19.5 Å². The lowest BCUT2D eigenvalue weighted by molar-refractivity contribution is -0.140. The molecule has 0 bridgehead atoms. The molecule has 0 unspecified atom stereocenters. The number of nitrogens with one attached hydrogen (secondary N) is 2. The maximum atomic E-state index is 11.3. The number of methoxy groups -OCH3 is 1. The van der Waals surface area contributed by atoms with Gasteiger partial charge in [-0.3, -0.25) is 14.7 Å². The second-order valence-electron chi connectivity index (χ2n) is 2.57. The number of carbonyl (C=O) groups excluding carboxylic acids is 2. The molecule has 1 amide bonds. The Morgan fingerprint density at radius 1 is 1.64 bits per heavy atom. The highest BCUT2D eigenvalue weighted by Crippen LogP contribution is 1.92. The van der Waals surface area contributed by atoms with E-state index in [9.17, 15) is 9.59 Å². The van der Waals surface area contributed by atoms with Crippen LogP contribution < -0.4 is 5.32 Å². The number of ether oxygens (including phenoxy) is 1. The highest BCUT2D eigenvalue weighted by molar-refractivity contribution is 5.93. The van der Waals surface area contributed by atoms with Crippen molar-refractivity contribution in [2.45, 2.75) is 6.42 Å². The van der Waals surface area contributed by atoms with Gasteiger partial charge in [0.05, 0.1) is 25.3 Å². The van der Waals surface area contributed by atoms with Gasteiger partial charge in [0.1, 0.15) is 0 Å². The summed E-state index contributed by atoms with van der Waals surface area (Å²) in [7, 11) is 1.31. The van der Waals surface area contributed by atoms with E-state index in [0.717, 1.165) is 0 Å². The van der Waals surface area contributed by atoms with Gasteiger partial charge in [-0.25, -0.2) is 0 Å². The smallest absolute Gasteiger partial charge is 0.307 e. The number of hydrogen-bond acceptors (Lipinski definition) is 4. The van der Waals surface area contributed by atoms with Crippen molar-refractivity contribution in [1.82, 2.24) is 15.5 Å². The van der Waals surface area contributed by atoms with Crippen molar-refractivity contribution in [3.05, 3.63) is 18.0 Å². The summed E-state index contributed by atoms with van der Waals surface area (Å²) < 4.78 is 4.41. The highest BCUT2D eigenvalue weighted by atomic mass is 16.5.